The topological polar surface area (TPSA) is 166 Å². The highest BCUT2D eigenvalue weighted by Gasteiger charge is 2.18. The molecule has 7 N–H and O–H groups in total. The van der Waals surface area contributed by atoms with Crippen molar-refractivity contribution < 1.29 is 29.7 Å². The zero-order valence-corrected chi connectivity index (χ0v) is 21.2. The molecule has 9 nitrogen and oxygen atoms in total. The van der Waals surface area contributed by atoms with Crippen LogP contribution in [0.2, 0.25) is 0 Å². The number of nitrogens with zero attached hydrogens (tertiary/aromatic N) is 1. The number of carbonyl (C=O) groups is 2. The van der Waals surface area contributed by atoms with Crippen LogP contribution >= 0.6 is 0 Å². The summed E-state index contributed by atoms with van der Waals surface area (Å²) in [4.78, 5) is 29.3. The number of carbonyl (C=O) groups excluding carboxylic acids is 2. The number of primary amides is 1. The molecule has 0 fully saturated rings. The van der Waals surface area contributed by atoms with Gasteiger partial charge >= 0.3 is 14.2 Å². The van der Waals surface area contributed by atoms with E-state index >= 15 is 0 Å². The molecule has 2 amide bonds. The highest BCUT2D eigenvalue weighted by molar-refractivity contribution is 6.59. The number of nitrogens with one attached hydrogen (secondary N) is 1. The number of hydrogen-bond donors (Lipinski definition) is 6. The fourth-order valence-corrected chi connectivity index (χ4v) is 4.37. The van der Waals surface area contributed by atoms with Gasteiger partial charge < -0.3 is 31.1 Å². The Morgan fingerprint density at radius 2 is 1.56 bits per heavy atom. The molecule has 1 aromatic heterocycles. The average molecular weight is 525 g/mol. The highest BCUT2D eigenvalue weighted by Crippen LogP contribution is 2.27. The van der Waals surface area contributed by atoms with Gasteiger partial charge in [-0.3, -0.25) is 9.59 Å². The number of unbranched alkanes of at least 4 members (excludes halogenated alkanes) is 2. The Morgan fingerprint density at radius 1 is 0.821 bits per heavy atom. The summed E-state index contributed by atoms with van der Waals surface area (Å²) in [5.41, 5.74) is 9.45. The van der Waals surface area contributed by atoms with E-state index in [0.717, 1.165) is 31.2 Å². The zero-order chi connectivity index (χ0) is 27.9. The molecule has 198 valence electrons. The SMILES string of the molecule is NC(=O)CCCCCc1ccc2nc(-c3ccc(B(O)O)cc3)cc(C(=O)Nc3cccc(B(O)O)c3)c2c1. The number of aromatic nitrogens is 1. The summed E-state index contributed by atoms with van der Waals surface area (Å²) in [5.74, 6) is -0.700. The van der Waals surface area contributed by atoms with Crippen LogP contribution in [-0.2, 0) is 11.2 Å². The lowest BCUT2D eigenvalue weighted by atomic mass is 9.80. The number of fused-ring (bicyclic) bond motifs is 1. The van der Waals surface area contributed by atoms with Gasteiger partial charge in [-0.2, -0.15) is 0 Å². The number of benzene rings is 3. The summed E-state index contributed by atoms with van der Waals surface area (Å²) in [6.45, 7) is 0. The number of nitrogens with two attached hydrogens (primary N) is 1. The Hall–Kier alpha value is -4.02. The number of rotatable bonds is 11. The molecule has 1 heterocycles. The first kappa shape index (κ1) is 28.0. The van der Waals surface area contributed by atoms with E-state index < -0.39 is 20.1 Å². The molecule has 0 aliphatic heterocycles. The lowest BCUT2D eigenvalue weighted by Gasteiger charge is -2.13. The van der Waals surface area contributed by atoms with Crippen molar-refractivity contribution in [1.29, 1.82) is 0 Å². The van der Waals surface area contributed by atoms with Crippen LogP contribution < -0.4 is 22.0 Å². The number of hydrogen-bond acceptors (Lipinski definition) is 7. The second kappa shape index (κ2) is 12.7. The van der Waals surface area contributed by atoms with Crippen molar-refractivity contribution in [2.75, 3.05) is 5.32 Å². The quantitative estimate of drug-likeness (QED) is 0.126. The number of anilines is 1. The van der Waals surface area contributed by atoms with Crippen LogP contribution in [0.25, 0.3) is 22.2 Å². The second-order valence-corrected chi connectivity index (χ2v) is 9.38. The van der Waals surface area contributed by atoms with E-state index in [2.05, 4.69) is 5.32 Å². The third-order valence-electron chi connectivity index (χ3n) is 6.45. The monoisotopic (exact) mass is 525 g/mol. The van der Waals surface area contributed by atoms with Crippen molar-refractivity contribution in [2.24, 2.45) is 5.73 Å². The minimum Gasteiger partial charge on any atom is -0.423 e. The van der Waals surface area contributed by atoms with Gasteiger partial charge in [0.05, 0.1) is 16.8 Å². The largest absolute Gasteiger partial charge is 0.488 e. The number of aryl methyl sites for hydroxylation is 1. The van der Waals surface area contributed by atoms with E-state index in [1.54, 1.807) is 48.5 Å². The molecule has 0 radical (unpaired) electrons. The van der Waals surface area contributed by atoms with Crippen molar-refractivity contribution in [3.8, 4) is 11.3 Å². The second-order valence-electron chi connectivity index (χ2n) is 9.38. The fourth-order valence-electron chi connectivity index (χ4n) is 4.37. The van der Waals surface area contributed by atoms with Gasteiger partial charge in [0.25, 0.3) is 5.91 Å². The molecule has 39 heavy (non-hydrogen) atoms. The van der Waals surface area contributed by atoms with Crippen LogP contribution in [-0.4, -0.2) is 51.1 Å². The predicted molar refractivity (Wildman–Crippen MR) is 153 cm³/mol. The molecule has 0 spiro atoms. The lowest BCUT2D eigenvalue weighted by molar-refractivity contribution is -0.118. The maximum atomic E-state index is 13.5. The van der Waals surface area contributed by atoms with Crippen LogP contribution in [0, 0.1) is 0 Å². The van der Waals surface area contributed by atoms with Crippen molar-refractivity contribution in [1.82, 2.24) is 4.98 Å². The molecule has 0 aliphatic rings. The molecule has 4 aromatic rings. The summed E-state index contributed by atoms with van der Waals surface area (Å²) in [6, 6.07) is 20.3. The minimum absolute atomic E-state index is 0.248. The van der Waals surface area contributed by atoms with E-state index in [0.29, 0.717) is 45.3 Å². The van der Waals surface area contributed by atoms with Gasteiger partial charge in [-0.15, -0.1) is 0 Å². The Balaban J connectivity index is 1.69. The molecule has 3 aromatic carbocycles. The van der Waals surface area contributed by atoms with Crippen LogP contribution in [0.3, 0.4) is 0 Å². The van der Waals surface area contributed by atoms with E-state index in [4.69, 9.17) is 10.7 Å². The Labute approximate surface area is 226 Å². The fraction of sp³-hybridized carbons (Fsp3) is 0.179. The normalized spacial score (nSPS) is 10.9. The number of pyridine rings is 1. The summed E-state index contributed by atoms with van der Waals surface area (Å²) >= 11 is 0. The van der Waals surface area contributed by atoms with E-state index in [-0.39, 0.29) is 11.4 Å². The van der Waals surface area contributed by atoms with Gasteiger partial charge in [-0.25, -0.2) is 4.98 Å². The third kappa shape index (κ3) is 7.30. The molecule has 0 atom stereocenters. The summed E-state index contributed by atoms with van der Waals surface area (Å²) in [7, 11) is -3.26. The molecule has 11 heteroatoms. The van der Waals surface area contributed by atoms with E-state index in [1.807, 2.05) is 18.2 Å². The number of amides is 2. The molecular weight excluding hydrogens is 496 g/mol. The van der Waals surface area contributed by atoms with Crippen LogP contribution in [0.5, 0.6) is 0 Å². The lowest BCUT2D eigenvalue weighted by Crippen LogP contribution is -2.30. The Bertz CT molecular complexity index is 1480. The smallest absolute Gasteiger partial charge is 0.423 e. The maximum Gasteiger partial charge on any atom is 0.488 e. The van der Waals surface area contributed by atoms with Crippen LogP contribution in [0.15, 0.2) is 72.8 Å². The van der Waals surface area contributed by atoms with Gasteiger partial charge in [0.2, 0.25) is 5.91 Å². The Kier molecular flexibility index (Phi) is 9.11. The summed E-state index contributed by atoms with van der Waals surface area (Å²) in [5, 5.41) is 41.3. The molecule has 0 bridgehead atoms. The maximum absolute atomic E-state index is 13.5. The van der Waals surface area contributed by atoms with Crippen LogP contribution in [0.1, 0.15) is 41.6 Å². The highest BCUT2D eigenvalue weighted by atomic mass is 16.4. The van der Waals surface area contributed by atoms with Crippen molar-refractivity contribution in [2.45, 2.75) is 32.1 Å². The first-order chi connectivity index (χ1) is 18.7. The van der Waals surface area contributed by atoms with Crippen molar-refractivity contribution in [3.05, 3.63) is 83.9 Å². The molecule has 0 saturated heterocycles. The standard InChI is InChI=1S/C28H29B2N3O6/c31-27(34)8-3-1-2-5-18-9-14-25-23(15-18)24(28(35)32-22-7-4-6-21(16-22)30(38)39)17-26(33-25)19-10-12-20(13-11-19)29(36)37/h4,6-7,9-17,36-39H,1-3,5,8H2,(H2,31,34)(H,32,35). The van der Waals surface area contributed by atoms with Crippen molar-refractivity contribution in [3.63, 3.8) is 0 Å². The van der Waals surface area contributed by atoms with Gasteiger partial charge in [0.1, 0.15) is 0 Å². The van der Waals surface area contributed by atoms with Gasteiger partial charge in [0, 0.05) is 23.1 Å². The summed E-state index contributed by atoms with van der Waals surface area (Å²) in [6.07, 6.45) is 3.58. The van der Waals surface area contributed by atoms with E-state index in [9.17, 15) is 29.7 Å². The average Bonchev–Trinajstić information content (AvgIpc) is 2.92. The van der Waals surface area contributed by atoms with Gasteiger partial charge in [-0.05, 0) is 66.1 Å². The van der Waals surface area contributed by atoms with Gasteiger partial charge in [-0.1, -0.05) is 48.9 Å². The minimum atomic E-state index is -1.67. The van der Waals surface area contributed by atoms with Gasteiger partial charge in [0.15, 0.2) is 0 Å². The van der Waals surface area contributed by atoms with Crippen molar-refractivity contribution >= 4 is 53.6 Å². The summed E-state index contributed by atoms with van der Waals surface area (Å²) < 4.78 is 0. The molecule has 0 unspecified atom stereocenters. The van der Waals surface area contributed by atoms with E-state index in [1.165, 1.54) is 6.07 Å². The zero-order valence-electron chi connectivity index (χ0n) is 21.2. The molecule has 0 saturated carbocycles. The third-order valence-corrected chi connectivity index (χ3v) is 6.45. The van der Waals surface area contributed by atoms with Crippen LogP contribution in [0.4, 0.5) is 5.69 Å². The molecule has 4 rings (SSSR count). The Morgan fingerprint density at radius 3 is 2.26 bits per heavy atom. The first-order valence-electron chi connectivity index (χ1n) is 12.7. The predicted octanol–water partition coefficient (Wildman–Crippen LogP) is 1.10. The first-order valence-corrected chi connectivity index (χ1v) is 12.7. The molecular formula is C28H29B2N3O6. The molecule has 0 aliphatic carbocycles.